The largest absolute Gasteiger partial charge is 0.319 e. The lowest BCUT2D eigenvalue weighted by molar-refractivity contribution is -0.385. The second-order valence-electron chi connectivity index (χ2n) is 5.52. The molecular weight excluding hydrogens is 392 g/mol. The maximum absolute atomic E-state index is 12.3. The van der Waals surface area contributed by atoms with Gasteiger partial charge in [-0.05, 0) is 11.6 Å². The van der Waals surface area contributed by atoms with E-state index in [-0.39, 0.29) is 12.2 Å². The molecule has 0 saturated carbocycles. The number of hydrogen-bond donors (Lipinski definition) is 0. The van der Waals surface area contributed by atoms with E-state index in [1.807, 2.05) is 18.2 Å². The third-order valence-corrected chi connectivity index (χ3v) is 4.83. The molecule has 0 unspecified atom stereocenters. The SMILES string of the molecule is O=C(Cn1cc([N+](=O)[O-])ccc1=O)N=c1sccn1Cc1ccccc1Cl. The Bertz CT molecular complexity index is 1130. The normalized spacial score (nSPS) is 11.5. The molecule has 27 heavy (non-hydrogen) atoms. The lowest BCUT2D eigenvalue weighted by Gasteiger charge is -2.05. The van der Waals surface area contributed by atoms with Crippen LogP contribution in [-0.2, 0) is 17.9 Å². The van der Waals surface area contributed by atoms with Crippen LogP contribution in [0.3, 0.4) is 0 Å². The van der Waals surface area contributed by atoms with Gasteiger partial charge < -0.3 is 4.57 Å². The van der Waals surface area contributed by atoms with Crippen LogP contribution in [0.15, 0.2) is 64.0 Å². The average Bonchev–Trinajstić information content (AvgIpc) is 3.05. The maximum atomic E-state index is 12.3. The molecule has 0 saturated heterocycles. The van der Waals surface area contributed by atoms with Crippen molar-refractivity contribution in [3.63, 3.8) is 0 Å². The highest BCUT2D eigenvalue weighted by Gasteiger charge is 2.11. The summed E-state index contributed by atoms with van der Waals surface area (Å²) < 4.78 is 2.73. The lowest BCUT2D eigenvalue weighted by Crippen LogP contribution is -2.24. The van der Waals surface area contributed by atoms with Gasteiger partial charge in [0, 0.05) is 28.7 Å². The number of halogens is 1. The third-order valence-electron chi connectivity index (χ3n) is 3.66. The quantitative estimate of drug-likeness (QED) is 0.481. The molecule has 3 aromatic rings. The van der Waals surface area contributed by atoms with E-state index in [1.165, 1.54) is 11.3 Å². The van der Waals surface area contributed by atoms with E-state index in [0.717, 1.165) is 28.5 Å². The van der Waals surface area contributed by atoms with Gasteiger partial charge in [0.2, 0.25) is 0 Å². The predicted octanol–water partition coefficient (Wildman–Crippen LogP) is 2.45. The summed E-state index contributed by atoms with van der Waals surface area (Å²) in [6.07, 6.45) is 2.81. The van der Waals surface area contributed by atoms with Crippen LogP contribution >= 0.6 is 22.9 Å². The van der Waals surface area contributed by atoms with Gasteiger partial charge in [0.1, 0.15) is 6.54 Å². The minimum Gasteiger partial charge on any atom is -0.319 e. The molecule has 0 aliphatic heterocycles. The first-order valence-corrected chi connectivity index (χ1v) is 8.99. The standard InChI is InChI=1S/C17H13ClN4O4S/c18-14-4-2-1-3-12(14)9-20-7-8-27-17(20)19-15(23)11-21-10-13(22(25)26)5-6-16(21)24/h1-8,10H,9,11H2. The number of nitro groups is 1. The Labute approximate surface area is 161 Å². The monoisotopic (exact) mass is 404 g/mol. The third kappa shape index (κ3) is 4.57. The first kappa shape index (κ1) is 18.7. The number of pyridine rings is 1. The number of carbonyl (C=O) groups excluding carboxylic acids is 1. The van der Waals surface area contributed by atoms with Gasteiger partial charge in [0.15, 0.2) is 4.80 Å². The van der Waals surface area contributed by atoms with Crippen molar-refractivity contribution in [2.45, 2.75) is 13.1 Å². The van der Waals surface area contributed by atoms with E-state index in [2.05, 4.69) is 4.99 Å². The van der Waals surface area contributed by atoms with Crippen molar-refractivity contribution >= 4 is 34.5 Å². The van der Waals surface area contributed by atoms with E-state index in [9.17, 15) is 19.7 Å². The molecule has 0 atom stereocenters. The van der Waals surface area contributed by atoms with Gasteiger partial charge in [0.05, 0.1) is 17.7 Å². The molecule has 0 bridgehead atoms. The number of rotatable bonds is 5. The molecule has 1 aromatic carbocycles. The number of benzene rings is 1. The van der Waals surface area contributed by atoms with Crippen molar-refractivity contribution in [1.29, 1.82) is 0 Å². The van der Waals surface area contributed by atoms with Crippen molar-refractivity contribution in [2.24, 2.45) is 4.99 Å². The van der Waals surface area contributed by atoms with E-state index in [4.69, 9.17) is 11.6 Å². The summed E-state index contributed by atoms with van der Waals surface area (Å²) in [7, 11) is 0. The Hall–Kier alpha value is -3.04. The van der Waals surface area contributed by atoms with Crippen LogP contribution in [0.1, 0.15) is 5.56 Å². The van der Waals surface area contributed by atoms with Gasteiger partial charge >= 0.3 is 0 Å². The molecule has 0 aliphatic carbocycles. The Morgan fingerprint density at radius 1 is 1.22 bits per heavy atom. The fourth-order valence-electron chi connectivity index (χ4n) is 2.36. The van der Waals surface area contributed by atoms with Crippen LogP contribution < -0.4 is 10.4 Å². The number of aromatic nitrogens is 2. The molecule has 138 valence electrons. The van der Waals surface area contributed by atoms with Crippen molar-refractivity contribution in [1.82, 2.24) is 9.13 Å². The Morgan fingerprint density at radius 3 is 2.74 bits per heavy atom. The molecule has 1 amide bonds. The summed E-state index contributed by atoms with van der Waals surface area (Å²) in [6, 6.07) is 9.49. The van der Waals surface area contributed by atoms with Gasteiger partial charge in [-0.2, -0.15) is 4.99 Å². The van der Waals surface area contributed by atoms with E-state index >= 15 is 0 Å². The van der Waals surface area contributed by atoms with Gasteiger partial charge in [-0.3, -0.25) is 24.3 Å². The summed E-state index contributed by atoms with van der Waals surface area (Å²) >= 11 is 7.43. The molecule has 0 spiro atoms. The van der Waals surface area contributed by atoms with Crippen molar-refractivity contribution in [2.75, 3.05) is 0 Å². The summed E-state index contributed by atoms with van der Waals surface area (Å²) in [4.78, 5) is 38.7. The summed E-state index contributed by atoms with van der Waals surface area (Å²) in [6.45, 7) is 0.0521. The molecule has 2 heterocycles. The Balaban J connectivity index is 1.84. The van der Waals surface area contributed by atoms with Crippen LogP contribution in [0.2, 0.25) is 5.02 Å². The molecule has 8 nitrogen and oxygen atoms in total. The average molecular weight is 405 g/mol. The topological polar surface area (TPSA) is 99.5 Å². The Kier molecular flexibility index (Phi) is 5.63. The lowest BCUT2D eigenvalue weighted by atomic mass is 10.2. The summed E-state index contributed by atoms with van der Waals surface area (Å²) in [5.74, 6) is -0.590. The van der Waals surface area contributed by atoms with Crippen molar-refractivity contribution in [3.8, 4) is 0 Å². The molecule has 0 aliphatic rings. The molecular formula is C17H13ClN4O4S. The van der Waals surface area contributed by atoms with Gasteiger partial charge in [-0.1, -0.05) is 29.8 Å². The molecule has 0 fully saturated rings. The summed E-state index contributed by atoms with van der Waals surface area (Å²) in [5.41, 5.74) is 0.0907. The molecule has 10 heteroatoms. The van der Waals surface area contributed by atoms with Crippen LogP contribution in [-0.4, -0.2) is 20.0 Å². The highest BCUT2D eigenvalue weighted by molar-refractivity contribution is 7.07. The van der Waals surface area contributed by atoms with Crippen LogP contribution in [0.25, 0.3) is 0 Å². The van der Waals surface area contributed by atoms with E-state index < -0.39 is 16.4 Å². The van der Waals surface area contributed by atoms with Gasteiger partial charge in [0.25, 0.3) is 17.2 Å². The van der Waals surface area contributed by atoms with Gasteiger partial charge in [-0.15, -0.1) is 11.3 Å². The number of nitrogens with zero attached hydrogens (tertiary/aromatic N) is 4. The van der Waals surface area contributed by atoms with E-state index in [0.29, 0.717) is 16.4 Å². The second-order valence-corrected chi connectivity index (χ2v) is 6.80. The van der Waals surface area contributed by atoms with Crippen molar-refractivity contribution < 1.29 is 9.72 Å². The zero-order valence-corrected chi connectivity index (χ0v) is 15.4. The first-order chi connectivity index (χ1) is 12.9. The first-order valence-electron chi connectivity index (χ1n) is 7.74. The van der Waals surface area contributed by atoms with Crippen molar-refractivity contribution in [3.05, 3.63) is 90.0 Å². The predicted molar refractivity (Wildman–Crippen MR) is 101 cm³/mol. The summed E-state index contributed by atoms with van der Waals surface area (Å²) in [5, 5.41) is 13.2. The fourth-order valence-corrected chi connectivity index (χ4v) is 3.30. The highest BCUT2D eigenvalue weighted by Crippen LogP contribution is 2.15. The Morgan fingerprint density at radius 2 is 2.00 bits per heavy atom. The minimum absolute atomic E-state index is 0.271. The van der Waals surface area contributed by atoms with Crippen LogP contribution in [0.4, 0.5) is 5.69 Å². The zero-order chi connectivity index (χ0) is 19.4. The van der Waals surface area contributed by atoms with Crippen LogP contribution in [0.5, 0.6) is 0 Å². The number of amides is 1. The van der Waals surface area contributed by atoms with E-state index in [1.54, 1.807) is 22.2 Å². The minimum atomic E-state index is -0.631. The molecule has 0 N–H and O–H groups in total. The number of carbonyl (C=O) groups is 1. The fraction of sp³-hybridized carbons (Fsp3) is 0.118. The molecule has 2 aromatic heterocycles. The van der Waals surface area contributed by atoms with Crippen LogP contribution in [0, 0.1) is 10.1 Å². The zero-order valence-electron chi connectivity index (χ0n) is 13.8. The smallest absolute Gasteiger partial charge is 0.285 e. The molecule has 0 radical (unpaired) electrons. The van der Waals surface area contributed by atoms with Gasteiger partial charge in [-0.25, -0.2) is 0 Å². The number of thiazole rings is 1. The highest BCUT2D eigenvalue weighted by atomic mass is 35.5. The number of hydrogen-bond acceptors (Lipinski definition) is 5. The molecule has 3 rings (SSSR count). The second kappa shape index (κ2) is 8.11. The maximum Gasteiger partial charge on any atom is 0.285 e.